The van der Waals surface area contributed by atoms with Gasteiger partial charge >= 0.3 is 0 Å². The van der Waals surface area contributed by atoms with Crippen LogP contribution >= 0.6 is 0 Å². The number of ether oxygens (including phenoxy) is 2. The monoisotopic (exact) mass is 287 g/mol. The van der Waals surface area contributed by atoms with Gasteiger partial charge in [0.25, 0.3) is 0 Å². The molecule has 0 saturated carbocycles. The average molecular weight is 287 g/mol. The van der Waals surface area contributed by atoms with Crippen LogP contribution in [0.4, 0.5) is 0 Å². The van der Waals surface area contributed by atoms with E-state index >= 15 is 0 Å². The Morgan fingerprint density at radius 1 is 1.19 bits per heavy atom. The first-order valence-electron chi connectivity index (χ1n) is 8.34. The van der Waals surface area contributed by atoms with Crippen LogP contribution in [0, 0.1) is 5.92 Å². The standard InChI is InChI=1S/C18H25NO2/c1-19-8-5-14(6-9-19)12-15-2-3-17-16(13-15)4-7-18(17)20-10-11-21-18/h2-3,13-14H,4-12H2,1H3. The van der Waals surface area contributed by atoms with Crippen molar-refractivity contribution in [3.8, 4) is 0 Å². The first-order valence-corrected chi connectivity index (χ1v) is 8.34. The van der Waals surface area contributed by atoms with Crippen molar-refractivity contribution in [1.29, 1.82) is 0 Å². The fraction of sp³-hybridized carbons (Fsp3) is 0.667. The van der Waals surface area contributed by atoms with Crippen LogP contribution in [0.5, 0.6) is 0 Å². The molecule has 21 heavy (non-hydrogen) atoms. The molecule has 2 heterocycles. The van der Waals surface area contributed by atoms with Gasteiger partial charge in [0.05, 0.1) is 13.2 Å². The molecular weight excluding hydrogens is 262 g/mol. The minimum atomic E-state index is -0.401. The first kappa shape index (κ1) is 13.7. The van der Waals surface area contributed by atoms with Crippen molar-refractivity contribution in [3.63, 3.8) is 0 Å². The normalized spacial score (nSPS) is 25.6. The van der Waals surface area contributed by atoms with Crippen molar-refractivity contribution in [2.45, 2.75) is 37.9 Å². The molecule has 1 aliphatic carbocycles. The predicted octanol–water partition coefficient (Wildman–Crippen LogP) is 2.72. The minimum Gasteiger partial charge on any atom is -0.343 e. The molecule has 2 saturated heterocycles. The highest BCUT2D eigenvalue weighted by Gasteiger charge is 2.43. The SMILES string of the molecule is CN1CCC(Cc2ccc3c(c2)CCC32OCCO2)CC1. The van der Waals surface area contributed by atoms with Gasteiger partial charge in [0.15, 0.2) is 5.79 Å². The third-order valence-corrected chi connectivity index (χ3v) is 5.42. The lowest BCUT2D eigenvalue weighted by atomic mass is 9.89. The summed E-state index contributed by atoms with van der Waals surface area (Å²) in [6.07, 6.45) is 5.99. The molecule has 4 rings (SSSR count). The molecule has 0 amide bonds. The van der Waals surface area contributed by atoms with Crippen molar-refractivity contribution in [2.24, 2.45) is 5.92 Å². The van der Waals surface area contributed by atoms with Crippen LogP contribution in [-0.2, 0) is 28.1 Å². The van der Waals surface area contributed by atoms with Gasteiger partial charge in [-0.1, -0.05) is 18.2 Å². The summed E-state index contributed by atoms with van der Waals surface area (Å²) in [5, 5.41) is 0. The van der Waals surface area contributed by atoms with Crippen LogP contribution < -0.4 is 0 Å². The summed E-state index contributed by atoms with van der Waals surface area (Å²) in [4.78, 5) is 2.44. The zero-order chi connectivity index (χ0) is 14.3. The highest BCUT2D eigenvalue weighted by molar-refractivity contribution is 5.39. The van der Waals surface area contributed by atoms with Crippen LogP contribution in [0.2, 0.25) is 0 Å². The number of rotatable bonds is 2. The quantitative estimate of drug-likeness (QED) is 0.835. The Morgan fingerprint density at radius 2 is 1.95 bits per heavy atom. The minimum absolute atomic E-state index is 0.401. The number of piperidine rings is 1. The molecule has 0 atom stereocenters. The molecule has 114 valence electrons. The summed E-state index contributed by atoms with van der Waals surface area (Å²) in [7, 11) is 2.23. The van der Waals surface area contributed by atoms with Crippen LogP contribution in [-0.4, -0.2) is 38.3 Å². The molecule has 1 aromatic rings. The van der Waals surface area contributed by atoms with E-state index in [2.05, 4.69) is 30.1 Å². The van der Waals surface area contributed by atoms with Gasteiger partial charge in [0.1, 0.15) is 0 Å². The number of hydrogen-bond acceptors (Lipinski definition) is 3. The maximum atomic E-state index is 5.90. The van der Waals surface area contributed by atoms with Gasteiger partial charge in [-0.25, -0.2) is 0 Å². The molecule has 3 nitrogen and oxygen atoms in total. The van der Waals surface area contributed by atoms with E-state index < -0.39 is 5.79 Å². The molecule has 3 aliphatic rings. The van der Waals surface area contributed by atoms with Crippen molar-refractivity contribution in [1.82, 2.24) is 4.90 Å². The summed E-state index contributed by atoms with van der Waals surface area (Å²) in [5.41, 5.74) is 4.23. The number of hydrogen-bond donors (Lipinski definition) is 0. The highest BCUT2D eigenvalue weighted by Crippen LogP contribution is 2.43. The Morgan fingerprint density at radius 3 is 2.71 bits per heavy atom. The molecule has 0 N–H and O–H groups in total. The topological polar surface area (TPSA) is 21.7 Å². The Labute approximate surface area is 127 Å². The predicted molar refractivity (Wildman–Crippen MR) is 82.3 cm³/mol. The third-order valence-electron chi connectivity index (χ3n) is 5.42. The maximum absolute atomic E-state index is 5.90. The van der Waals surface area contributed by atoms with Crippen LogP contribution in [0.1, 0.15) is 36.0 Å². The second-order valence-corrected chi connectivity index (χ2v) is 6.89. The van der Waals surface area contributed by atoms with Crippen LogP contribution in [0.15, 0.2) is 18.2 Å². The average Bonchev–Trinajstić information content (AvgIpc) is 3.11. The molecule has 0 unspecified atom stereocenters. The van der Waals surface area contributed by atoms with Crippen molar-refractivity contribution in [2.75, 3.05) is 33.4 Å². The fourth-order valence-corrected chi connectivity index (χ4v) is 4.14. The zero-order valence-electron chi connectivity index (χ0n) is 12.9. The summed E-state index contributed by atoms with van der Waals surface area (Å²) in [5.74, 6) is 0.454. The number of benzene rings is 1. The fourth-order valence-electron chi connectivity index (χ4n) is 4.14. The molecule has 0 aromatic heterocycles. The summed E-state index contributed by atoms with van der Waals surface area (Å²) in [6, 6.07) is 6.97. The van der Waals surface area contributed by atoms with Gasteiger partial charge in [0, 0.05) is 12.0 Å². The lowest BCUT2D eigenvalue weighted by Gasteiger charge is -2.29. The van der Waals surface area contributed by atoms with Crippen LogP contribution in [0.3, 0.4) is 0 Å². The molecule has 0 bridgehead atoms. The van der Waals surface area contributed by atoms with E-state index in [1.54, 1.807) is 0 Å². The number of likely N-dealkylation sites (tertiary alicyclic amines) is 1. The Hall–Kier alpha value is -0.900. The van der Waals surface area contributed by atoms with E-state index in [0.717, 1.165) is 32.0 Å². The Bertz CT molecular complexity index is 514. The number of aryl methyl sites for hydroxylation is 1. The molecule has 2 aliphatic heterocycles. The molecule has 1 aromatic carbocycles. The van der Waals surface area contributed by atoms with E-state index in [1.165, 1.54) is 49.0 Å². The van der Waals surface area contributed by atoms with Crippen molar-refractivity contribution < 1.29 is 9.47 Å². The Kier molecular flexibility index (Phi) is 3.52. The third kappa shape index (κ3) is 2.52. The van der Waals surface area contributed by atoms with Crippen molar-refractivity contribution in [3.05, 3.63) is 34.9 Å². The van der Waals surface area contributed by atoms with Gasteiger partial charge in [0.2, 0.25) is 0 Å². The molecule has 0 radical (unpaired) electrons. The Balaban J connectivity index is 1.49. The van der Waals surface area contributed by atoms with E-state index in [1.807, 2.05) is 0 Å². The van der Waals surface area contributed by atoms with Gasteiger partial charge in [-0.2, -0.15) is 0 Å². The summed E-state index contributed by atoms with van der Waals surface area (Å²) < 4.78 is 11.8. The van der Waals surface area contributed by atoms with Crippen molar-refractivity contribution >= 4 is 0 Å². The molecule has 3 heteroatoms. The highest BCUT2D eigenvalue weighted by atomic mass is 16.7. The molecular formula is C18H25NO2. The maximum Gasteiger partial charge on any atom is 0.195 e. The first-order chi connectivity index (χ1) is 10.3. The second-order valence-electron chi connectivity index (χ2n) is 6.89. The van der Waals surface area contributed by atoms with E-state index in [-0.39, 0.29) is 0 Å². The van der Waals surface area contributed by atoms with E-state index in [0.29, 0.717) is 0 Å². The molecule has 2 fully saturated rings. The van der Waals surface area contributed by atoms with Gasteiger partial charge in [-0.15, -0.1) is 0 Å². The summed E-state index contributed by atoms with van der Waals surface area (Å²) >= 11 is 0. The smallest absolute Gasteiger partial charge is 0.195 e. The summed E-state index contributed by atoms with van der Waals surface area (Å²) in [6.45, 7) is 3.97. The van der Waals surface area contributed by atoms with Gasteiger partial charge in [-0.05, 0) is 62.9 Å². The zero-order valence-corrected chi connectivity index (χ0v) is 12.9. The number of fused-ring (bicyclic) bond motifs is 2. The van der Waals surface area contributed by atoms with Crippen LogP contribution in [0.25, 0.3) is 0 Å². The van der Waals surface area contributed by atoms with Gasteiger partial charge < -0.3 is 14.4 Å². The number of nitrogens with zero attached hydrogens (tertiary/aromatic N) is 1. The van der Waals surface area contributed by atoms with E-state index in [4.69, 9.17) is 9.47 Å². The second kappa shape index (κ2) is 5.38. The van der Waals surface area contributed by atoms with Gasteiger partial charge in [-0.3, -0.25) is 0 Å². The molecule has 1 spiro atoms. The lowest BCUT2D eigenvalue weighted by molar-refractivity contribution is -0.163. The lowest BCUT2D eigenvalue weighted by Crippen LogP contribution is -2.31. The largest absolute Gasteiger partial charge is 0.343 e. The van der Waals surface area contributed by atoms with E-state index in [9.17, 15) is 0 Å².